The van der Waals surface area contributed by atoms with E-state index in [4.69, 9.17) is 4.74 Å². The summed E-state index contributed by atoms with van der Waals surface area (Å²) in [4.78, 5) is 24.5. The quantitative estimate of drug-likeness (QED) is 0.0320. The second kappa shape index (κ2) is 65.6. The van der Waals surface area contributed by atoms with Crippen LogP contribution in [-0.2, 0) is 14.3 Å². The Morgan fingerprint density at radius 2 is 0.618 bits per heavy atom. The summed E-state index contributed by atoms with van der Waals surface area (Å²) in [5.41, 5.74) is 0. The minimum atomic E-state index is -0.843. The van der Waals surface area contributed by atoms with Crippen molar-refractivity contribution >= 4 is 11.9 Å². The van der Waals surface area contributed by atoms with Gasteiger partial charge in [-0.05, 0) is 83.5 Å². The van der Waals surface area contributed by atoms with Crippen LogP contribution >= 0.6 is 0 Å². The van der Waals surface area contributed by atoms with Crippen molar-refractivity contribution in [2.45, 2.75) is 386 Å². The Kier molecular flexibility index (Phi) is 63.9. The van der Waals surface area contributed by atoms with Crippen molar-refractivity contribution in [2.24, 2.45) is 0 Å². The first-order valence-corrected chi connectivity index (χ1v) is 34.3. The third kappa shape index (κ3) is 61.3. The minimum absolute atomic E-state index is 0.00963. The van der Waals surface area contributed by atoms with Crippen molar-refractivity contribution in [2.75, 3.05) is 13.2 Å². The highest BCUT2D eigenvalue weighted by Crippen LogP contribution is 2.18. The second-order valence-electron chi connectivity index (χ2n) is 23.5. The number of amides is 1. The molecule has 6 nitrogen and oxygen atoms in total. The highest BCUT2D eigenvalue weighted by molar-refractivity contribution is 5.76. The standard InChI is InChI=1S/C70H133NO5/c1-3-5-7-9-11-13-15-17-18-36-40-44-48-52-56-60-64-70(75)76-65-61-57-53-49-45-41-37-34-32-30-28-26-24-22-20-19-21-23-25-27-29-31-33-35-39-43-47-51-55-59-63-69(74)71-67(66-72)68(73)62-58-54-50-46-42-38-16-14-12-10-8-6-4-2/h18,20,22,36,58,62,67-68,72-73H,3-17,19,21,23-35,37-57,59-61,63-66H2,1-2H3,(H,71,74)/b22-20-,36-18-,62-58+. The highest BCUT2D eigenvalue weighted by Gasteiger charge is 2.18. The van der Waals surface area contributed by atoms with Crippen LogP contribution in [0.4, 0.5) is 0 Å². The van der Waals surface area contributed by atoms with E-state index in [2.05, 4.69) is 43.5 Å². The fourth-order valence-corrected chi connectivity index (χ4v) is 10.6. The number of carbonyl (C=O) groups is 2. The fraction of sp³-hybridized carbons (Fsp3) is 0.886. The molecule has 2 atom stereocenters. The lowest BCUT2D eigenvalue weighted by atomic mass is 10.0. The minimum Gasteiger partial charge on any atom is -0.466 e. The third-order valence-electron chi connectivity index (χ3n) is 15.9. The molecule has 0 radical (unpaired) electrons. The molecule has 0 saturated carbocycles. The molecule has 448 valence electrons. The summed E-state index contributed by atoms with van der Waals surface area (Å²) in [5, 5.41) is 23.1. The average Bonchev–Trinajstić information content (AvgIpc) is 3.42. The number of aliphatic hydroxyl groups is 2. The van der Waals surface area contributed by atoms with E-state index < -0.39 is 12.1 Å². The van der Waals surface area contributed by atoms with Gasteiger partial charge in [0.15, 0.2) is 0 Å². The molecule has 0 aromatic rings. The van der Waals surface area contributed by atoms with Crippen LogP contribution in [0.15, 0.2) is 36.5 Å². The number of hydrogen-bond donors (Lipinski definition) is 3. The maximum absolute atomic E-state index is 12.5. The molecule has 3 N–H and O–H groups in total. The van der Waals surface area contributed by atoms with Crippen LogP contribution in [-0.4, -0.2) is 47.4 Å². The number of carbonyl (C=O) groups excluding carboxylic acids is 2. The van der Waals surface area contributed by atoms with Crippen molar-refractivity contribution in [1.82, 2.24) is 5.32 Å². The molecule has 0 aliphatic rings. The van der Waals surface area contributed by atoms with Gasteiger partial charge >= 0.3 is 5.97 Å². The first-order valence-electron chi connectivity index (χ1n) is 34.3. The van der Waals surface area contributed by atoms with Gasteiger partial charge in [0.1, 0.15) is 0 Å². The smallest absolute Gasteiger partial charge is 0.305 e. The number of ether oxygens (including phenoxy) is 1. The number of allylic oxidation sites excluding steroid dienone is 5. The van der Waals surface area contributed by atoms with E-state index in [-0.39, 0.29) is 18.5 Å². The van der Waals surface area contributed by atoms with Gasteiger partial charge in [-0.1, -0.05) is 314 Å². The van der Waals surface area contributed by atoms with E-state index in [1.165, 1.54) is 302 Å². The maximum Gasteiger partial charge on any atom is 0.305 e. The molecule has 0 bridgehead atoms. The largest absolute Gasteiger partial charge is 0.466 e. The fourth-order valence-electron chi connectivity index (χ4n) is 10.6. The summed E-state index contributed by atoms with van der Waals surface area (Å²) in [6.07, 6.45) is 83.6. The van der Waals surface area contributed by atoms with E-state index in [0.717, 1.165) is 44.9 Å². The number of unbranched alkanes of at least 4 members (excludes halogenated alkanes) is 49. The Hall–Kier alpha value is -1.92. The highest BCUT2D eigenvalue weighted by atomic mass is 16.5. The Bertz CT molecular complexity index is 1230. The van der Waals surface area contributed by atoms with Gasteiger partial charge in [-0.2, -0.15) is 0 Å². The molecule has 1 amide bonds. The molecule has 0 aromatic heterocycles. The molecule has 0 saturated heterocycles. The van der Waals surface area contributed by atoms with Crippen molar-refractivity contribution < 1.29 is 24.5 Å². The van der Waals surface area contributed by atoms with Crippen LogP contribution in [0.25, 0.3) is 0 Å². The maximum atomic E-state index is 12.5. The van der Waals surface area contributed by atoms with Crippen LogP contribution in [0.5, 0.6) is 0 Å². The van der Waals surface area contributed by atoms with Gasteiger partial charge in [0.05, 0.1) is 25.4 Å². The predicted molar refractivity (Wildman–Crippen MR) is 333 cm³/mol. The summed E-state index contributed by atoms with van der Waals surface area (Å²) >= 11 is 0. The van der Waals surface area contributed by atoms with Crippen molar-refractivity contribution in [3.63, 3.8) is 0 Å². The predicted octanol–water partition coefficient (Wildman–Crippen LogP) is 21.9. The number of esters is 1. The number of nitrogens with one attached hydrogen (secondary N) is 1. The van der Waals surface area contributed by atoms with Gasteiger partial charge in [-0.3, -0.25) is 9.59 Å². The number of hydrogen-bond acceptors (Lipinski definition) is 5. The van der Waals surface area contributed by atoms with Gasteiger partial charge in [0.25, 0.3) is 0 Å². The van der Waals surface area contributed by atoms with E-state index in [9.17, 15) is 19.8 Å². The lowest BCUT2D eigenvalue weighted by molar-refractivity contribution is -0.143. The summed E-state index contributed by atoms with van der Waals surface area (Å²) in [7, 11) is 0. The first-order chi connectivity index (χ1) is 37.5. The van der Waals surface area contributed by atoms with Crippen LogP contribution in [0, 0.1) is 0 Å². The lowest BCUT2D eigenvalue weighted by Gasteiger charge is -2.20. The van der Waals surface area contributed by atoms with Gasteiger partial charge in [-0.25, -0.2) is 0 Å². The Morgan fingerprint density at radius 3 is 0.934 bits per heavy atom. The zero-order valence-corrected chi connectivity index (χ0v) is 51.3. The van der Waals surface area contributed by atoms with Crippen LogP contribution in [0.1, 0.15) is 373 Å². The molecular formula is C70H133NO5. The molecule has 0 aliphatic heterocycles. The summed E-state index contributed by atoms with van der Waals surface area (Å²) in [6.45, 7) is 4.92. The molecule has 0 fully saturated rings. The lowest BCUT2D eigenvalue weighted by Crippen LogP contribution is -2.45. The van der Waals surface area contributed by atoms with Gasteiger partial charge < -0.3 is 20.3 Å². The van der Waals surface area contributed by atoms with Crippen LogP contribution in [0.3, 0.4) is 0 Å². The SMILES string of the molecule is CCCCCCCCC/C=C\CCCCCCCC(=O)OCCCCCCCCCCCCCC/C=C\CCCCCCCCCCCCCCCCC(=O)NC(CO)C(O)/C=C/CCCCCCCCCCCCC. The molecule has 2 unspecified atom stereocenters. The number of aliphatic hydroxyl groups excluding tert-OH is 2. The average molecular weight is 1070 g/mol. The molecule has 0 spiro atoms. The number of rotatable bonds is 64. The Balaban J connectivity index is 3.37. The third-order valence-corrected chi connectivity index (χ3v) is 15.9. The topological polar surface area (TPSA) is 95.9 Å². The van der Waals surface area contributed by atoms with Gasteiger partial charge in [0.2, 0.25) is 5.91 Å². The molecular weight excluding hydrogens is 935 g/mol. The van der Waals surface area contributed by atoms with Crippen molar-refractivity contribution in [3.8, 4) is 0 Å². The zero-order chi connectivity index (χ0) is 55.0. The van der Waals surface area contributed by atoms with Crippen LogP contribution in [0.2, 0.25) is 0 Å². The molecule has 6 heteroatoms. The first kappa shape index (κ1) is 74.1. The van der Waals surface area contributed by atoms with E-state index >= 15 is 0 Å². The molecule has 0 aromatic carbocycles. The summed E-state index contributed by atoms with van der Waals surface area (Å²) in [5.74, 6) is -0.0559. The van der Waals surface area contributed by atoms with E-state index in [0.29, 0.717) is 19.4 Å². The van der Waals surface area contributed by atoms with Gasteiger partial charge in [0, 0.05) is 12.8 Å². The Labute approximate surface area is 474 Å². The van der Waals surface area contributed by atoms with E-state index in [1.807, 2.05) is 6.08 Å². The van der Waals surface area contributed by atoms with Crippen molar-refractivity contribution in [3.05, 3.63) is 36.5 Å². The van der Waals surface area contributed by atoms with Crippen LogP contribution < -0.4 is 5.32 Å². The second-order valence-corrected chi connectivity index (χ2v) is 23.5. The molecule has 76 heavy (non-hydrogen) atoms. The summed E-state index contributed by atoms with van der Waals surface area (Å²) in [6, 6.07) is -0.626. The normalized spacial score (nSPS) is 12.7. The zero-order valence-electron chi connectivity index (χ0n) is 51.3. The molecule has 0 rings (SSSR count). The van der Waals surface area contributed by atoms with Crippen molar-refractivity contribution in [1.29, 1.82) is 0 Å². The van der Waals surface area contributed by atoms with Gasteiger partial charge in [-0.15, -0.1) is 0 Å². The molecule has 0 aliphatic carbocycles. The molecule has 0 heterocycles. The van der Waals surface area contributed by atoms with E-state index in [1.54, 1.807) is 6.08 Å². The summed E-state index contributed by atoms with van der Waals surface area (Å²) < 4.78 is 5.49. The Morgan fingerprint density at radius 1 is 0.355 bits per heavy atom. The monoisotopic (exact) mass is 1070 g/mol.